The summed E-state index contributed by atoms with van der Waals surface area (Å²) in [7, 11) is 0. The molecule has 0 aromatic heterocycles. The summed E-state index contributed by atoms with van der Waals surface area (Å²) in [6.45, 7) is 6.93. The molecule has 0 aliphatic carbocycles. The minimum absolute atomic E-state index is 0.0977. The number of hydrogen-bond acceptors (Lipinski definition) is 5. The van der Waals surface area contributed by atoms with Crippen LogP contribution in [-0.2, 0) is 14.3 Å². The van der Waals surface area contributed by atoms with Crippen molar-refractivity contribution < 1.29 is 24.0 Å². The lowest BCUT2D eigenvalue weighted by Gasteiger charge is -2.23. The van der Waals surface area contributed by atoms with Crippen LogP contribution in [0.4, 0.5) is 0 Å². The Hall–Kier alpha value is -2.97. The standard InChI is InChI=1S/C23H30N4O4/c1-18(16-22(28)24-10-5-11-27-12-14-30-15-13-27)25-26-23(29)17-31-21-9-4-7-19-6-2-3-8-20(19)21/h2-4,6-9H,5,10-17H2,1H3,(H,24,28)(H,26,29)/p+1/b25-18-. The second kappa shape index (κ2) is 12.0. The molecule has 3 rings (SSSR count). The lowest BCUT2D eigenvalue weighted by Crippen LogP contribution is -3.14. The average Bonchev–Trinajstić information content (AvgIpc) is 2.80. The highest BCUT2D eigenvalue weighted by Crippen LogP contribution is 2.24. The second-order valence-corrected chi connectivity index (χ2v) is 7.64. The summed E-state index contributed by atoms with van der Waals surface area (Å²) in [5, 5.41) is 8.90. The van der Waals surface area contributed by atoms with Crippen LogP contribution in [0, 0.1) is 0 Å². The van der Waals surface area contributed by atoms with E-state index in [-0.39, 0.29) is 24.8 Å². The summed E-state index contributed by atoms with van der Waals surface area (Å²) in [5.41, 5.74) is 2.98. The highest BCUT2D eigenvalue weighted by atomic mass is 16.5. The van der Waals surface area contributed by atoms with Crippen LogP contribution in [0.15, 0.2) is 47.6 Å². The fourth-order valence-electron chi connectivity index (χ4n) is 3.47. The third-order valence-electron chi connectivity index (χ3n) is 5.13. The van der Waals surface area contributed by atoms with Crippen LogP contribution in [0.2, 0.25) is 0 Å². The first-order valence-electron chi connectivity index (χ1n) is 10.7. The smallest absolute Gasteiger partial charge is 0.277 e. The Labute approximate surface area is 182 Å². The zero-order valence-electron chi connectivity index (χ0n) is 18.0. The van der Waals surface area contributed by atoms with Gasteiger partial charge < -0.3 is 19.7 Å². The quantitative estimate of drug-likeness (QED) is 0.293. The molecule has 0 spiro atoms. The molecule has 0 unspecified atom stereocenters. The third-order valence-corrected chi connectivity index (χ3v) is 5.13. The lowest BCUT2D eigenvalue weighted by atomic mass is 10.1. The van der Waals surface area contributed by atoms with E-state index in [1.807, 2.05) is 42.5 Å². The van der Waals surface area contributed by atoms with E-state index in [0.717, 1.165) is 50.0 Å². The minimum atomic E-state index is -0.374. The van der Waals surface area contributed by atoms with Crippen LogP contribution < -0.4 is 20.4 Å². The summed E-state index contributed by atoms with van der Waals surface area (Å²) in [4.78, 5) is 25.6. The molecule has 31 heavy (non-hydrogen) atoms. The molecule has 2 aromatic carbocycles. The molecule has 8 heteroatoms. The lowest BCUT2D eigenvalue weighted by molar-refractivity contribution is -0.908. The fraction of sp³-hybridized carbons (Fsp3) is 0.435. The molecule has 1 saturated heterocycles. The molecule has 1 aliphatic rings. The van der Waals surface area contributed by atoms with Gasteiger partial charge >= 0.3 is 0 Å². The predicted octanol–water partition coefficient (Wildman–Crippen LogP) is 0.522. The van der Waals surface area contributed by atoms with E-state index < -0.39 is 0 Å². The van der Waals surface area contributed by atoms with Gasteiger partial charge in [-0.15, -0.1) is 0 Å². The van der Waals surface area contributed by atoms with Crippen molar-refractivity contribution in [1.82, 2.24) is 10.7 Å². The van der Waals surface area contributed by atoms with Gasteiger partial charge in [-0.25, -0.2) is 5.43 Å². The number of morpholine rings is 1. The first-order valence-corrected chi connectivity index (χ1v) is 10.7. The number of benzene rings is 2. The van der Waals surface area contributed by atoms with E-state index in [9.17, 15) is 9.59 Å². The Kier molecular flexibility index (Phi) is 8.81. The third kappa shape index (κ3) is 7.66. The van der Waals surface area contributed by atoms with Gasteiger partial charge in [0.05, 0.1) is 26.2 Å². The average molecular weight is 428 g/mol. The van der Waals surface area contributed by atoms with Crippen molar-refractivity contribution in [2.24, 2.45) is 5.10 Å². The molecule has 1 aliphatic heterocycles. The van der Waals surface area contributed by atoms with Gasteiger partial charge in [0, 0.05) is 24.1 Å². The Morgan fingerprint density at radius 3 is 2.71 bits per heavy atom. The molecule has 166 valence electrons. The van der Waals surface area contributed by atoms with Crippen LogP contribution in [0.25, 0.3) is 10.8 Å². The van der Waals surface area contributed by atoms with Gasteiger partial charge in [-0.05, 0) is 18.4 Å². The number of hydrazone groups is 1. The molecular weight excluding hydrogens is 396 g/mol. The number of amides is 2. The van der Waals surface area contributed by atoms with Crippen molar-refractivity contribution in [2.75, 3.05) is 46.0 Å². The number of ether oxygens (including phenoxy) is 2. The summed E-state index contributed by atoms with van der Waals surface area (Å²) in [5.74, 6) is 0.174. The van der Waals surface area contributed by atoms with Crippen LogP contribution in [-0.4, -0.2) is 63.5 Å². The minimum Gasteiger partial charge on any atom is -0.483 e. The van der Waals surface area contributed by atoms with Crippen molar-refractivity contribution >= 4 is 28.3 Å². The normalized spacial score (nSPS) is 14.9. The highest BCUT2D eigenvalue weighted by molar-refractivity contribution is 6.00. The first kappa shape index (κ1) is 22.7. The molecule has 8 nitrogen and oxygen atoms in total. The maximum absolute atomic E-state index is 12.0. The molecule has 2 amide bonds. The molecule has 2 aromatic rings. The molecular formula is C23H31N4O4+. The van der Waals surface area contributed by atoms with Crippen LogP contribution in [0.1, 0.15) is 19.8 Å². The summed E-state index contributed by atoms with van der Waals surface area (Å²) in [6.07, 6.45) is 1.08. The highest BCUT2D eigenvalue weighted by Gasteiger charge is 2.13. The van der Waals surface area contributed by atoms with Crippen LogP contribution >= 0.6 is 0 Å². The van der Waals surface area contributed by atoms with E-state index >= 15 is 0 Å². The van der Waals surface area contributed by atoms with Gasteiger partial charge in [0.2, 0.25) is 5.91 Å². The molecule has 3 N–H and O–H groups in total. The summed E-state index contributed by atoms with van der Waals surface area (Å²) < 4.78 is 11.0. The number of hydrogen-bond donors (Lipinski definition) is 3. The molecule has 0 bridgehead atoms. The van der Waals surface area contributed by atoms with Crippen molar-refractivity contribution in [2.45, 2.75) is 19.8 Å². The number of carbonyl (C=O) groups excluding carboxylic acids is 2. The monoisotopic (exact) mass is 427 g/mol. The van der Waals surface area contributed by atoms with Crippen molar-refractivity contribution in [3.8, 4) is 5.75 Å². The van der Waals surface area contributed by atoms with Gasteiger partial charge in [-0.2, -0.15) is 5.10 Å². The van der Waals surface area contributed by atoms with Gasteiger partial charge in [0.1, 0.15) is 18.8 Å². The second-order valence-electron chi connectivity index (χ2n) is 7.64. The Bertz CT molecular complexity index is 904. The fourth-order valence-corrected chi connectivity index (χ4v) is 3.47. The van der Waals surface area contributed by atoms with E-state index in [4.69, 9.17) is 9.47 Å². The Balaban J connectivity index is 1.33. The Morgan fingerprint density at radius 2 is 1.87 bits per heavy atom. The van der Waals surface area contributed by atoms with Crippen molar-refractivity contribution in [3.05, 3.63) is 42.5 Å². The zero-order valence-corrected chi connectivity index (χ0v) is 18.0. The maximum atomic E-state index is 12.0. The molecule has 0 saturated carbocycles. The number of fused-ring (bicyclic) bond motifs is 1. The van der Waals surface area contributed by atoms with Crippen molar-refractivity contribution in [1.29, 1.82) is 0 Å². The van der Waals surface area contributed by atoms with Crippen LogP contribution in [0.3, 0.4) is 0 Å². The number of rotatable bonds is 10. The molecule has 0 atom stereocenters. The number of carbonyl (C=O) groups is 2. The SMILES string of the molecule is C/C(CC(=O)NCCC[NH+]1CCOCC1)=N/NC(=O)COc1cccc2ccccc12. The number of nitrogens with zero attached hydrogens (tertiary/aromatic N) is 1. The first-order chi connectivity index (χ1) is 15.1. The van der Waals surface area contributed by atoms with E-state index in [0.29, 0.717) is 18.0 Å². The van der Waals surface area contributed by atoms with E-state index in [2.05, 4.69) is 15.8 Å². The Morgan fingerprint density at radius 1 is 1.10 bits per heavy atom. The number of quaternary nitrogens is 1. The largest absolute Gasteiger partial charge is 0.483 e. The molecule has 1 fully saturated rings. The number of nitrogens with one attached hydrogen (secondary N) is 3. The van der Waals surface area contributed by atoms with Crippen molar-refractivity contribution in [3.63, 3.8) is 0 Å². The predicted molar refractivity (Wildman–Crippen MR) is 119 cm³/mol. The van der Waals surface area contributed by atoms with Gasteiger partial charge in [0.15, 0.2) is 6.61 Å². The topological polar surface area (TPSA) is 93.5 Å². The van der Waals surface area contributed by atoms with E-state index in [1.165, 1.54) is 4.90 Å². The van der Waals surface area contributed by atoms with E-state index in [1.54, 1.807) is 6.92 Å². The van der Waals surface area contributed by atoms with Gasteiger partial charge in [-0.1, -0.05) is 36.4 Å². The maximum Gasteiger partial charge on any atom is 0.277 e. The zero-order chi connectivity index (χ0) is 21.9. The molecule has 0 radical (unpaired) electrons. The summed E-state index contributed by atoms with van der Waals surface area (Å²) in [6, 6.07) is 13.5. The van der Waals surface area contributed by atoms with Gasteiger partial charge in [-0.3, -0.25) is 9.59 Å². The van der Waals surface area contributed by atoms with Crippen LogP contribution in [0.5, 0.6) is 5.75 Å². The van der Waals surface area contributed by atoms with Gasteiger partial charge in [0.25, 0.3) is 5.91 Å². The summed E-state index contributed by atoms with van der Waals surface area (Å²) >= 11 is 0. The molecule has 1 heterocycles.